The lowest BCUT2D eigenvalue weighted by molar-refractivity contribution is -0.180. The van der Waals surface area contributed by atoms with Crippen molar-refractivity contribution in [3.05, 3.63) is 0 Å². The van der Waals surface area contributed by atoms with Crippen LogP contribution in [0.3, 0.4) is 0 Å². The van der Waals surface area contributed by atoms with Crippen LogP contribution in [0.25, 0.3) is 0 Å². The van der Waals surface area contributed by atoms with Crippen molar-refractivity contribution >= 4 is 5.91 Å². The molecule has 0 saturated carbocycles. The summed E-state index contributed by atoms with van der Waals surface area (Å²) in [5.41, 5.74) is 5.17. The van der Waals surface area contributed by atoms with E-state index >= 15 is 0 Å². The first-order chi connectivity index (χ1) is 7.37. The number of nitrogens with zero attached hydrogens (tertiary/aromatic N) is 1. The quantitative estimate of drug-likeness (QED) is 0.689. The third-order valence-corrected chi connectivity index (χ3v) is 1.97. The highest BCUT2D eigenvalue weighted by Gasteiger charge is 2.50. The third kappa shape index (κ3) is 3.96. The van der Waals surface area contributed by atoms with E-state index in [4.69, 9.17) is 5.73 Å². The lowest BCUT2D eigenvalue weighted by atomic mass is 10.2. The van der Waals surface area contributed by atoms with Gasteiger partial charge in [-0.2, -0.15) is 8.78 Å². The summed E-state index contributed by atoms with van der Waals surface area (Å²) >= 11 is 0. The van der Waals surface area contributed by atoms with Gasteiger partial charge in [0.1, 0.15) is 0 Å². The molecule has 3 nitrogen and oxygen atoms in total. The normalized spacial score (nSPS) is 11.9. The predicted octanol–water partition coefficient (Wildman–Crippen LogP) is 1.47. The Kier molecular flexibility index (Phi) is 6.32. The summed E-state index contributed by atoms with van der Waals surface area (Å²) in [6.07, 6.45) is -3.24. The van der Waals surface area contributed by atoms with Crippen LogP contribution < -0.4 is 5.73 Å². The molecule has 0 spiro atoms. The van der Waals surface area contributed by atoms with E-state index in [1.165, 1.54) is 0 Å². The number of nitrogens with two attached hydrogens (primary N) is 1. The average Bonchev–Trinajstić information content (AvgIpc) is 2.22. The van der Waals surface area contributed by atoms with Crippen LogP contribution in [0.5, 0.6) is 0 Å². The smallest absolute Gasteiger partial charge is 0.337 e. The van der Waals surface area contributed by atoms with Gasteiger partial charge in [0.05, 0.1) is 0 Å². The molecule has 0 aromatic rings. The maximum atomic E-state index is 12.8. The zero-order valence-corrected chi connectivity index (χ0v) is 9.06. The molecule has 7 heteroatoms. The molecule has 1 amide bonds. The Labute approximate surface area is 91.6 Å². The maximum absolute atomic E-state index is 12.8. The molecule has 0 aliphatic heterocycles. The Morgan fingerprint density at radius 3 is 2.31 bits per heavy atom. The minimum Gasteiger partial charge on any atom is -0.337 e. The van der Waals surface area contributed by atoms with E-state index in [2.05, 4.69) is 0 Å². The number of hydrogen-bond donors (Lipinski definition) is 1. The fraction of sp³-hybridized carbons (Fsp3) is 0.889. The first-order valence-electron chi connectivity index (χ1n) is 5.03. The van der Waals surface area contributed by atoms with E-state index in [0.717, 1.165) is 4.90 Å². The zero-order chi connectivity index (χ0) is 12.8. The summed E-state index contributed by atoms with van der Waals surface area (Å²) < 4.78 is 49.5. The second kappa shape index (κ2) is 6.67. The van der Waals surface area contributed by atoms with Crippen LogP contribution in [0.4, 0.5) is 17.6 Å². The molecule has 0 aromatic heterocycles. The van der Waals surface area contributed by atoms with Crippen molar-refractivity contribution in [2.75, 3.05) is 19.6 Å². The molecule has 0 bridgehead atoms. The van der Waals surface area contributed by atoms with Crippen molar-refractivity contribution in [3.63, 3.8) is 0 Å². The monoisotopic (exact) mass is 244 g/mol. The summed E-state index contributed by atoms with van der Waals surface area (Å²) in [7, 11) is 0. The van der Waals surface area contributed by atoms with E-state index in [9.17, 15) is 22.4 Å². The van der Waals surface area contributed by atoms with Crippen molar-refractivity contribution in [3.8, 4) is 0 Å². The van der Waals surface area contributed by atoms with Gasteiger partial charge in [-0.15, -0.1) is 0 Å². The maximum Gasteiger partial charge on any atom is 0.383 e. The average molecular weight is 244 g/mol. The molecule has 0 saturated heterocycles. The highest BCUT2D eigenvalue weighted by molar-refractivity contribution is 5.84. The zero-order valence-electron chi connectivity index (χ0n) is 9.06. The summed E-state index contributed by atoms with van der Waals surface area (Å²) in [5.74, 6) is -6.43. The molecule has 0 rings (SSSR count). The number of alkyl halides is 4. The van der Waals surface area contributed by atoms with E-state index < -0.39 is 18.3 Å². The lowest BCUT2D eigenvalue weighted by Gasteiger charge is -2.26. The first-order valence-corrected chi connectivity index (χ1v) is 5.03. The number of carbonyl (C=O) groups excluding carboxylic acids is 1. The Morgan fingerprint density at radius 1 is 1.38 bits per heavy atom. The molecule has 2 N–H and O–H groups in total. The van der Waals surface area contributed by atoms with Crippen molar-refractivity contribution in [1.29, 1.82) is 0 Å². The van der Waals surface area contributed by atoms with E-state index in [-0.39, 0.29) is 19.6 Å². The Balaban J connectivity index is 4.59. The van der Waals surface area contributed by atoms with Crippen LogP contribution in [-0.2, 0) is 4.79 Å². The topological polar surface area (TPSA) is 46.3 Å². The van der Waals surface area contributed by atoms with E-state index in [1.54, 1.807) is 6.92 Å². The Bertz CT molecular complexity index is 224. The van der Waals surface area contributed by atoms with Gasteiger partial charge < -0.3 is 10.6 Å². The standard InChI is InChI=1S/C9H16F4N2O/c1-2-5-15(6-3-4-14)8(16)9(12,13)7(10)11/h7H,2-6,14H2,1H3. The summed E-state index contributed by atoms with van der Waals surface area (Å²) in [6, 6.07) is 0. The molecule has 0 fully saturated rings. The highest BCUT2D eigenvalue weighted by Crippen LogP contribution is 2.25. The number of carbonyl (C=O) groups is 1. The van der Waals surface area contributed by atoms with Crippen LogP contribution in [0.15, 0.2) is 0 Å². The summed E-state index contributed by atoms with van der Waals surface area (Å²) in [4.78, 5) is 11.9. The molecule has 0 heterocycles. The minimum absolute atomic E-state index is 0.0223. The predicted molar refractivity (Wildman–Crippen MR) is 51.5 cm³/mol. The van der Waals surface area contributed by atoms with Gasteiger partial charge in [-0.1, -0.05) is 6.92 Å². The van der Waals surface area contributed by atoms with Gasteiger partial charge in [0.2, 0.25) is 0 Å². The Hall–Kier alpha value is -0.850. The van der Waals surface area contributed by atoms with Crippen LogP contribution in [0, 0.1) is 0 Å². The fourth-order valence-electron chi connectivity index (χ4n) is 1.17. The molecule has 0 aliphatic rings. The largest absolute Gasteiger partial charge is 0.383 e. The highest BCUT2D eigenvalue weighted by atomic mass is 19.3. The Morgan fingerprint density at radius 2 is 1.94 bits per heavy atom. The number of amides is 1. The van der Waals surface area contributed by atoms with Crippen LogP contribution >= 0.6 is 0 Å². The van der Waals surface area contributed by atoms with Gasteiger partial charge >= 0.3 is 12.3 Å². The number of halogens is 4. The molecule has 0 atom stereocenters. The van der Waals surface area contributed by atoms with Gasteiger partial charge in [-0.25, -0.2) is 8.78 Å². The minimum atomic E-state index is -4.61. The van der Waals surface area contributed by atoms with Gasteiger partial charge in [0.15, 0.2) is 0 Å². The molecular formula is C9H16F4N2O. The first kappa shape index (κ1) is 15.2. The molecule has 0 radical (unpaired) electrons. The van der Waals surface area contributed by atoms with Crippen molar-refractivity contribution in [1.82, 2.24) is 4.90 Å². The van der Waals surface area contributed by atoms with Gasteiger partial charge in [0, 0.05) is 13.1 Å². The number of hydrogen-bond acceptors (Lipinski definition) is 2. The second-order valence-electron chi connectivity index (χ2n) is 3.36. The summed E-state index contributed by atoms with van der Waals surface area (Å²) in [5, 5.41) is 0. The van der Waals surface area contributed by atoms with Crippen molar-refractivity contribution in [2.45, 2.75) is 32.1 Å². The van der Waals surface area contributed by atoms with Crippen LogP contribution in [-0.4, -0.2) is 42.8 Å². The third-order valence-electron chi connectivity index (χ3n) is 1.97. The SMILES string of the molecule is CCCN(CCCN)C(=O)C(F)(F)C(F)F. The lowest BCUT2D eigenvalue weighted by Crippen LogP contribution is -2.48. The van der Waals surface area contributed by atoms with Crippen molar-refractivity contribution in [2.24, 2.45) is 5.73 Å². The molecule has 0 aliphatic carbocycles. The summed E-state index contributed by atoms with van der Waals surface area (Å²) in [6.45, 7) is 1.89. The van der Waals surface area contributed by atoms with E-state index in [0.29, 0.717) is 12.8 Å². The number of rotatable bonds is 7. The molecule has 0 aromatic carbocycles. The fourth-order valence-corrected chi connectivity index (χ4v) is 1.17. The molecule has 96 valence electrons. The molecule has 0 unspecified atom stereocenters. The molecular weight excluding hydrogens is 228 g/mol. The van der Waals surface area contributed by atoms with E-state index in [1.807, 2.05) is 0 Å². The van der Waals surface area contributed by atoms with Crippen LogP contribution in [0.2, 0.25) is 0 Å². The second-order valence-corrected chi connectivity index (χ2v) is 3.36. The van der Waals surface area contributed by atoms with Crippen molar-refractivity contribution < 1.29 is 22.4 Å². The van der Waals surface area contributed by atoms with Gasteiger partial charge in [0.25, 0.3) is 5.91 Å². The van der Waals surface area contributed by atoms with Gasteiger partial charge in [-0.05, 0) is 19.4 Å². The molecule has 16 heavy (non-hydrogen) atoms. The van der Waals surface area contributed by atoms with Gasteiger partial charge in [-0.3, -0.25) is 4.79 Å². The van der Waals surface area contributed by atoms with Crippen LogP contribution in [0.1, 0.15) is 19.8 Å².